The van der Waals surface area contributed by atoms with E-state index in [1.807, 2.05) is 66.7 Å². The fourth-order valence-corrected chi connectivity index (χ4v) is 3.30. The first-order valence-electron chi connectivity index (χ1n) is 9.34. The van der Waals surface area contributed by atoms with Crippen LogP contribution in [-0.2, 0) is 6.61 Å². The van der Waals surface area contributed by atoms with Crippen molar-refractivity contribution in [2.24, 2.45) is 5.10 Å². The topological polar surface area (TPSA) is 63.6 Å². The number of para-hydroxylation sites is 1. The van der Waals surface area contributed by atoms with Crippen molar-refractivity contribution < 1.29 is 9.53 Å². The van der Waals surface area contributed by atoms with Crippen LogP contribution >= 0.6 is 15.9 Å². The number of hydrogen-bond donors (Lipinski definition) is 1. The number of carbonyl (C=O) groups is 1. The molecule has 4 aromatic rings. The summed E-state index contributed by atoms with van der Waals surface area (Å²) in [6.07, 6.45) is 3.35. The second-order valence-electron chi connectivity index (χ2n) is 6.54. The number of pyridine rings is 1. The Morgan fingerprint density at radius 2 is 1.80 bits per heavy atom. The summed E-state index contributed by atoms with van der Waals surface area (Å²) in [7, 11) is 0. The third-order valence-corrected chi connectivity index (χ3v) is 5.20. The van der Waals surface area contributed by atoms with Gasteiger partial charge >= 0.3 is 0 Å². The Morgan fingerprint density at radius 1 is 1.00 bits per heavy atom. The van der Waals surface area contributed by atoms with Crippen molar-refractivity contribution in [3.8, 4) is 5.75 Å². The molecule has 0 unspecified atom stereocenters. The Balaban J connectivity index is 1.36. The van der Waals surface area contributed by atoms with Crippen molar-refractivity contribution in [2.45, 2.75) is 6.61 Å². The van der Waals surface area contributed by atoms with Gasteiger partial charge in [0.25, 0.3) is 5.91 Å². The van der Waals surface area contributed by atoms with Gasteiger partial charge in [-0.3, -0.25) is 9.78 Å². The molecule has 30 heavy (non-hydrogen) atoms. The molecule has 0 spiro atoms. The van der Waals surface area contributed by atoms with E-state index in [-0.39, 0.29) is 5.91 Å². The number of nitrogens with zero attached hydrogens (tertiary/aromatic N) is 2. The van der Waals surface area contributed by atoms with Gasteiger partial charge in [-0.1, -0.05) is 64.5 Å². The maximum Gasteiger partial charge on any atom is 0.271 e. The molecule has 1 aromatic heterocycles. The van der Waals surface area contributed by atoms with Gasteiger partial charge in [-0.15, -0.1) is 0 Å². The van der Waals surface area contributed by atoms with Crippen LogP contribution in [0.25, 0.3) is 10.9 Å². The van der Waals surface area contributed by atoms with Crippen LogP contribution in [0.3, 0.4) is 0 Å². The number of hydrogen-bond acceptors (Lipinski definition) is 4. The van der Waals surface area contributed by atoms with Crippen LogP contribution in [0, 0.1) is 0 Å². The number of rotatable bonds is 6. The minimum Gasteiger partial charge on any atom is -0.487 e. The molecular weight excluding hydrogens is 442 g/mol. The van der Waals surface area contributed by atoms with Crippen molar-refractivity contribution in [2.75, 3.05) is 0 Å². The zero-order chi connectivity index (χ0) is 20.8. The van der Waals surface area contributed by atoms with E-state index in [1.165, 1.54) is 0 Å². The smallest absolute Gasteiger partial charge is 0.271 e. The minimum absolute atomic E-state index is 0.274. The first-order valence-corrected chi connectivity index (χ1v) is 10.1. The SMILES string of the molecule is O=C(N/N=C\c1ccccc1Br)c1ccc(COc2cccc3cccnc23)cc1. The summed E-state index contributed by atoms with van der Waals surface area (Å²) >= 11 is 3.44. The lowest BCUT2D eigenvalue weighted by Gasteiger charge is -2.09. The van der Waals surface area contributed by atoms with E-state index < -0.39 is 0 Å². The van der Waals surface area contributed by atoms with Crippen molar-refractivity contribution >= 4 is 39.0 Å². The lowest BCUT2D eigenvalue weighted by molar-refractivity contribution is 0.0955. The van der Waals surface area contributed by atoms with Gasteiger partial charge in [-0.05, 0) is 35.9 Å². The minimum atomic E-state index is -0.274. The molecule has 0 aliphatic carbocycles. The predicted octanol–water partition coefficient (Wildman–Crippen LogP) is 5.34. The van der Waals surface area contributed by atoms with Gasteiger partial charge in [0.2, 0.25) is 0 Å². The lowest BCUT2D eigenvalue weighted by atomic mass is 10.1. The van der Waals surface area contributed by atoms with E-state index in [0.29, 0.717) is 12.2 Å². The van der Waals surface area contributed by atoms with Gasteiger partial charge < -0.3 is 4.74 Å². The predicted molar refractivity (Wildman–Crippen MR) is 122 cm³/mol. The van der Waals surface area contributed by atoms with Crippen LogP contribution in [-0.4, -0.2) is 17.1 Å². The van der Waals surface area contributed by atoms with Crippen molar-refractivity contribution in [3.05, 3.63) is 106 Å². The average Bonchev–Trinajstić information content (AvgIpc) is 2.79. The van der Waals surface area contributed by atoms with Crippen LogP contribution in [0.2, 0.25) is 0 Å². The summed E-state index contributed by atoms with van der Waals surface area (Å²) in [5.74, 6) is 0.459. The van der Waals surface area contributed by atoms with E-state index in [9.17, 15) is 4.79 Å². The highest BCUT2D eigenvalue weighted by Crippen LogP contribution is 2.24. The Morgan fingerprint density at radius 3 is 2.63 bits per heavy atom. The highest BCUT2D eigenvalue weighted by atomic mass is 79.9. The molecular formula is C24H18BrN3O2. The first-order chi connectivity index (χ1) is 14.7. The Kier molecular flexibility index (Phi) is 6.15. The number of hydrazone groups is 1. The number of halogens is 1. The first kappa shape index (κ1) is 19.8. The summed E-state index contributed by atoms with van der Waals surface area (Å²) in [4.78, 5) is 16.7. The maximum absolute atomic E-state index is 12.3. The van der Waals surface area contributed by atoms with Crippen molar-refractivity contribution in [1.29, 1.82) is 0 Å². The monoisotopic (exact) mass is 459 g/mol. The molecule has 0 saturated heterocycles. The van der Waals surface area contributed by atoms with E-state index >= 15 is 0 Å². The zero-order valence-electron chi connectivity index (χ0n) is 16.0. The molecule has 1 heterocycles. The molecule has 0 radical (unpaired) electrons. The maximum atomic E-state index is 12.3. The summed E-state index contributed by atoms with van der Waals surface area (Å²) in [5.41, 5.74) is 5.74. The van der Waals surface area contributed by atoms with Crippen molar-refractivity contribution in [3.63, 3.8) is 0 Å². The molecule has 0 aliphatic rings. The van der Waals surface area contributed by atoms with Crippen molar-refractivity contribution in [1.82, 2.24) is 10.4 Å². The van der Waals surface area contributed by atoms with Crippen LogP contribution < -0.4 is 10.2 Å². The second-order valence-corrected chi connectivity index (χ2v) is 7.39. The Labute approximate surface area is 182 Å². The molecule has 1 N–H and O–H groups in total. The molecule has 5 nitrogen and oxygen atoms in total. The van der Waals surface area contributed by atoms with Gasteiger partial charge in [0.05, 0.1) is 6.21 Å². The molecule has 0 saturated carbocycles. The normalized spacial score (nSPS) is 11.0. The number of nitrogens with one attached hydrogen (secondary N) is 1. The number of aromatic nitrogens is 1. The Hall–Kier alpha value is -3.51. The van der Waals surface area contributed by atoms with E-state index in [4.69, 9.17) is 4.74 Å². The quantitative estimate of drug-likeness (QED) is 0.312. The number of benzene rings is 3. The van der Waals surface area contributed by atoms with Gasteiger partial charge in [0.1, 0.15) is 17.9 Å². The molecule has 6 heteroatoms. The summed E-state index contributed by atoms with van der Waals surface area (Å²) in [6.45, 7) is 0.387. The van der Waals surface area contributed by atoms with Gasteiger partial charge in [0, 0.05) is 27.2 Å². The summed E-state index contributed by atoms with van der Waals surface area (Å²) < 4.78 is 6.85. The fourth-order valence-electron chi connectivity index (χ4n) is 2.91. The van der Waals surface area contributed by atoms with Crippen LogP contribution in [0.4, 0.5) is 0 Å². The Bertz CT molecular complexity index is 1200. The molecule has 0 atom stereocenters. The second kappa shape index (κ2) is 9.33. The fraction of sp³-hybridized carbons (Fsp3) is 0.0417. The number of fused-ring (bicyclic) bond motifs is 1. The highest BCUT2D eigenvalue weighted by Gasteiger charge is 2.06. The number of amides is 1. The summed E-state index contributed by atoms with van der Waals surface area (Å²) in [5, 5.41) is 5.05. The van der Waals surface area contributed by atoms with E-state index in [0.717, 1.165) is 32.3 Å². The molecule has 1 amide bonds. The van der Waals surface area contributed by atoms with E-state index in [1.54, 1.807) is 24.5 Å². The molecule has 4 rings (SSSR count). The van der Waals surface area contributed by atoms with Crippen LogP contribution in [0.5, 0.6) is 5.75 Å². The summed E-state index contributed by atoms with van der Waals surface area (Å²) in [6, 6.07) is 24.6. The largest absolute Gasteiger partial charge is 0.487 e. The third kappa shape index (κ3) is 4.72. The van der Waals surface area contributed by atoms with E-state index in [2.05, 4.69) is 31.4 Å². The van der Waals surface area contributed by atoms with Gasteiger partial charge in [-0.2, -0.15) is 5.10 Å². The van der Waals surface area contributed by atoms with Crippen LogP contribution in [0.15, 0.2) is 94.6 Å². The van der Waals surface area contributed by atoms with Gasteiger partial charge in [-0.25, -0.2) is 5.43 Å². The molecule has 0 fully saturated rings. The zero-order valence-corrected chi connectivity index (χ0v) is 17.5. The molecule has 3 aromatic carbocycles. The third-order valence-electron chi connectivity index (χ3n) is 4.48. The highest BCUT2D eigenvalue weighted by molar-refractivity contribution is 9.10. The average molecular weight is 460 g/mol. The van der Waals surface area contributed by atoms with Gasteiger partial charge in [0.15, 0.2) is 0 Å². The molecule has 148 valence electrons. The molecule has 0 aliphatic heterocycles. The number of ether oxygens (including phenoxy) is 1. The van der Waals surface area contributed by atoms with Crippen LogP contribution in [0.1, 0.15) is 21.5 Å². The standard InChI is InChI=1S/C24H18BrN3O2/c25-21-8-2-1-5-20(21)15-27-28-24(29)19-12-10-17(11-13-19)16-30-22-9-3-6-18-7-4-14-26-23(18)22/h1-15H,16H2,(H,28,29)/b27-15-. The lowest BCUT2D eigenvalue weighted by Crippen LogP contribution is -2.17. The molecule has 0 bridgehead atoms. The number of carbonyl (C=O) groups excluding carboxylic acids is 1.